The number of nitrogens with zero attached hydrogens (tertiary/aromatic N) is 1. The van der Waals surface area contributed by atoms with Crippen molar-refractivity contribution in [2.24, 2.45) is 0 Å². The van der Waals surface area contributed by atoms with Crippen LogP contribution in [-0.4, -0.2) is 48.0 Å². The van der Waals surface area contributed by atoms with Crippen LogP contribution in [0, 0.1) is 0 Å². The van der Waals surface area contributed by atoms with Gasteiger partial charge in [0.25, 0.3) is 0 Å². The van der Waals surface area contributed by atoms with Crippen LogP contribution in [-0.2, 0) is 29.4 Å². The summed E-state index contributed by atoms with van der Waals surface area (Å²) in [6, 6.07) is 5.91. The fraction of sp³-hybridized carbons (Fsp3) is 0.500. The van der Waals surface area contributed by atoms with Crippen molar-refractivity contribution in [1.82, 2.24) is 10.2 Å². The summed E-state index contributed by atoms with van der Waals surface area (Å²) in [5, 5.41) is 2.86. The molecule has 0 radical (unpaired) electrons. The number of rotatable bonds is 7. The van der Waals surface area contributed by atoms with Crippen LogP contribution in [0.1, 0.15) is 58.9 Å². The normalized spacial score (nSPS) is 19.6. The van der Waals surface area contributed by atoms with E-state index in [1.165, 1.54) is 31.9 Å². The minimum Gasteiger partial charge on any atom is -0.424 e. The smallest absolute Gasteiger partial charge is 0.413 e. The van der Waals surface area contributed by atoms with Gasteiger partial charge in [-0.2, -0.15) is 0 Å². The van der Waals surface area contributed by atoms with Crippen molar-refractivity contribution >= 4 is 35.4 Å². The highest BCUT2D eigenvalue weighted by molar-refractivity contribution is 6.31. The number of likely N-dealkylation sites (N-methyl/N-ethyl adjacent to an activating group) is 1. The van der Waals surface area contributed by atoms with Gasteiger partial charge in [0.05, 0.1) is 0 Å². The molecule has 0 saturated heterocycles. The maximum Gasteiger partial charge on any atom is 0.413 e. The number of Topliss-reactive ketones (excluding diaryl/α,β-unsaturated/α-hetero) is 1. The van der Waals surface area contributed by atoms with E-state index in [2.05, 4.69) is 5.32 Å². The molecule has 1 aliphatic carbocycles. The summed E-state index contributed by atoms with van der Waals surface area (Å²) in [6.07, 6.45) is 1.64. The average Bonchev–Trinajstić information content (AvgIpc) is 2.73. The summed E-state index contributed by atoms with van der Waals surface area (Å²) < 4.78 is 10.6. The third-order valence-electron chi connectivity index (χ3n) is 5.48. The zero-order chi connectivity index (χ0) is 24.8. The molecule has 2 rings (SSSR count). The van der Waals surface area contributed by atoms with Crippen molar-refractivity contribution < 1.29 is 28.7 Å². The van der Waals surface area contributed by atoms with Crippen molar-refractivity contribution in [2.75, 3.05) is 7.05 Å². The second kappa shape index (κ2) is 11.3. The van der Waals surface area contributed by atoms with Crippen molar-refractivity contribution in [3.8, 4) is 0 Å². The van der Waals surface area contributed by atoms with Crippen LogP contribution in [0.3, 0.4) is 0 Å². The molecule has 9 heteroatoms. The zero-order valence-electron chi connectivity index (χ0n) is 19.6. The standard InChI is InChI=1S/C24H31ClN2O6/c1-15(2)14-20(26-16(3)28)22(30)32-17(4)33-23(31)27(5)24(13-9-8-12-21(24)29)18-10-6-7-11-19(18)25/h6-7,10-11,14,17,20H,8-9,12-13H2,1-5H3,(H,26,28)/t17?,20-,24+/m0/s1. The number of nitrogens with one attached hydrogen (secondary N) is 1. The van der Waals surface area contributed by atoms with E-state index in [4.69, 9.17) is 21.1 Å². The quantitative estimate of drug-likeness (QED) is 0.359. The fourth-order valence-corrected chi connectivity index (χ4v) is 4.28. The summed E-state index contributed by atoms with van der Waals surface area (Å²) >= 11 is 6.41. The second-order valence-corrected chi connectivity index (χ2v) is 8.75. The topological polar surface area (TPSA) is 102 Å². The number of benzene rings is 1. The van der Waals surface area contributed by atoms with Gasteiger partial charge in [-0.1, -0.05) is 41.4 Å². The first kappa shape index (κ1) is 26.4. The molecule has 1 aliphatic rings. The molecule has 3 atom stereocenters. The number of carbonyl (C=O) groups is 4. The number of hydrogen-bond donors (Lipinski definition) is 1. The fourth-order valence-electron chi connectivity index (χ4n) is 3.99. The molecule has 1 N–H and O–H groups in total. The van der Waals surface area contributed by atoms with Crippen LogP contribution in [0.2, 0.25) is 5.02 Å². The van der Waals surface area contributed by atoms with E-state index in [-0.39, 0.29) is 5.78 Å². The molecule has 0 spiro atoms. The Bertz CT molecular complexity index is 943. The second-order valence-electron chi connectivity index (χ2n) is 8.34. The first-order chi connectivity index (χ1) is 15.5. The third kappa shape index (κ3) is 6.35. The summed E-state index contributed by atoms with van der Waals surface area (Å²) in [7, 11) is 1.48. The van der Waals surface area contributed by atoms with Crippen LogP contribution in [0.25, 0.3) is 0 Å². The Labute approximate surface area is 199 Å². The lowest BCUT2D eigenvalue weighted by molar-refractivity contribution is -0.169. The van der Waals surface area contributed by atoms with E-state index in [0.29, 0.717) is 23.4 Å². The molecule has 1 saturated carbocycles. The Morgan fingerprint density at radius 3 is 2.39 bits per heavy atom. The van der Waals surface area contributed by atoms with Gasteiger partial charge in [0.15, 0.2) is 5.78 Å². The number of allylic oxidation sites excluding steroid dienone is 1. The molecular weight excluding hydrogens is 448 g/mol. The molecule has 0 bridgehead atoms. The lowest BCUT2D eigenvalue weighted by Crippen LogP contribution is -2.55. The third-order valence-corrected chi connectivity index (χ3v) is 5.81. The van der Waals surface area contributed by atoms with Crippen LogP contribution in [0.15, 0.2) is 35.9 Å². The van der Waals surface area contributed by atoms with Gasteiger partial charge >= 0.3 is 12.1 Å². The minimum atomic E-state index is -1.27. The highest BCUT2D eigenvalue weighted by atomic mass is 35.5. The molecule has 1 aromatic carbocycles. The molecule has 0 aliphatic heterocycles. The van der Waals surface area contributed by atoms with Gasteiger partial charge in [-0.15, -0.1) is 0 Å². The molecule has 180 valence electrons. The molecule has 0 heterocycles. The Morgan fingerprint density at radius 1 is 1.15 bits per heavy atom. The Balaban J connectivity index is 2.20. The Kier molecular flexibility index (Phi) is 9.05. The summed E-state index contributed by atoms with van der Waals surface area (Å²) in [5.74, 6) is -1.31. The molecule has 1 unspecified atom stereocenters. The molecule has 1 fully saturated rings. The SMILES string of the molecule is CC(=O)N[C@@H](C=C(C)C)C(=O)OC(C)OC(=O)N(C)[C@@]1(c2ccccc2Cl)CCCCC1=O. The van der Waals surface area contributed by atoms with Gasteiger partial charge in [0.2, 0.25) is 12.2 Å². The number of carbonyl (C=O) groups excluding carboxylic acids is 4. The highest BCUT2D eigenvalue weighted by Gasteiger charge is 2.48. The van der Waals surface area contributed by atoms with Crippen LogP contribution in [0.4, 0.5) is 4.79 Å². The van der Waals surface area contributed by atoms with Crippen LogP contribution in [0.5, 0.6) is 0 Å². The number of ether oxygens (including phenoxy) is 2. The van der Waals surface area contributed by atoms with E-state index in [9.17, 15) is 19.2 Å². The van der Waals surface area contributed by atoms with Crippen molar-refractivity contribution in [3.63, 3.8) is 0 Å². The van der Waals surface area contributed by atoms with Gasteiger partial charge < -0.3 is 14.8 Å². The lowest BCUT2D eigenvalue weighted by atomic mass is 9.74. The molecule has 0 aromatic heterocycles. The lowest BCUT2D eigenvalue weighted by Gasteiger charge is -2.43. The predicted octanol–water partition coefficient (Wildman–Crippen LogP) is 4.11. The monoisotopic (exact) mass is 478 g/mol. The minimum absolute atomic E-state index is 0.125. The van der Waals surface area contributed by atoms with E-state index >= 15 is 0 Å². The Hall–Kier alpha value is -2.87. The van der Waals surface area contributed by atoms with Crippen molar-refractivity contribution in [3.05, 3.63) is 46.5 Å². The maximum atomic E-state index is 13.1. The average molecular weight is 479 g/mol. The van der Waals surface area contributed by atoms with Gasteiger partial charge in [-0.3, -0.25) is 14.5 Å². The number of halogens is 1. The van der Waals surface area contributed by atoms with Gasteiger partial charge in [0, 0.05) is 37.9 Å². The van der Waals surface area contributed by atoms with E-state index < -0.39 is 35.8 Å². The van der Waals surface area contributed by atoms with E-state index in [1.54, 1.807) is 38.1 Å². The van der Waals surface area contributed by atoms with E-state index in [1.807, 2.05) is 0 Å². The summed E-state index contributed by atoms with van der Waals surface area (Å²) in [4.78, 5) is 51.3. The van der Waals surface area contributed by atoms with Gasteiger partial charge in [0.1, 0.15) is 11.6 Å². The summed E-state index contributed by atoms with van der Waals surface area (Å²) in [5.41, 5.74) is 0.0698. The zero-order valence-corrected chi connectivity index (χ0v) is 20.4. The summed E-state index contributed by atoms with van der Waals surface area (Å²) in [6.45, 7) is 6.22. The van der Waals surface area contributed by atoms with E-state index in [0.717, 1.165) is 18.4 Å². The van der Waals surface area contributed by atoms with Crippen LogP contribution < -0.4 is 5.32 Å². The Morgan fingerprint density at radius 2 is 1.82 bits per heavy atom. The number of amides is 2. The first-order valence-corrected chi connectivity index (χ1v) is 11.2. The highest BCUT2D eigenvalue weighted by Crippen LogP contribution is 2.42. The molecular formula is C24H31ClN2O6. The first-order valence-electron chi connectivity index (χ1n) is 10.8. The molecule has 2 amide bonds. The number of hydrogen-bond acceptors (Lipinski definition) is 6. The van der Waals surface area contributed by atoms with Crippen LogP contribution >= 0.6 is 11.6 Å². The largest absolute Gasteiger partial charge is 0.424 e. The van der Waals surface area contributed by atoms with Crippen molar-refractivity contribution in [1.29, 1.82) is 0 Å². The maximum absolute atomic E-state index is 13.1. The van der Waals surface area contributed by atoms with Gasteiger partial charge in [-0.05, 0) is 39.2 Å². The molecule has 1 aromatic rings. The molecule has 33 heavy (non-hydrogen) atoms. The van der Waals surface area contributed by atoms with Gasteiger partial charge in [-0.25, -0.2) is 9.59 Å². The molecule has 8 nitrogen and oxygen atoms in total. The number of ketones is 1. The number of esters is 1. The van der Waals surface area contributed by atoms with Crippen molar-refractivity contribution in [2.45, 2.75) is 71.2 Å². The predicted molar refractivity (Wildman–Crippen MR) is 123 cm³/mol.